The van der Waals surface area contributed by atoms with Crippen LogP contribution < -0.4 is 4.31 Å². The van der Waals surface area contributed by atoms with Crippen molar-refractivity contribution < 1.29 is 13.2 Å². The van der Waals surface area contributed by atoms with E-state index in [0.29, 0.717) is 17.8 Å². The molecule has 4 aromatic rings. The van der Waals surface area contributed by atoms with Crippen LogP contribution in [0.5, 0.6) is 0 Å². The lowest BCUT2D eigenvalue weighted by Gasteiger charge is -2.20. The number of carbonyl (C=O) groups is 1. The number of nitrogens with zero attached hydrogens (tertiary/aromatic N) is 4. The Labute approximate surface area is 193 Å². The van der Waals surface area contributed by atoms with Crippen LogP contribution in [-0.4, -0.2) is 43.1 Å². The first-order chi connectivity index (χ1) is 15.9. The Morgan fingerprint density at radius 3 is 2.12 bits per heavy atom. The molecule has 8 heteroatoms. The molecule has 0 aliphatic heterocycles. The largest absolute Gasteiger partial charge is 0.337 e. The molecule has 0 fully saturated rings. The zero-order chi connectivity index (χ0) is 23.4. The van der Waals surface area contributed by atoms with Gasteiger partial charge in [0.25, 0.3) is 15.9 Å². The summed E-state index contributed by atoms with van der Waals surface area (Å²) in [6.45, 7) is 0.377. The molecule has 0 aliphatic carbocycles. The number of rotatable bonds is 7. The van der Waals surface area contributed by atoms with Crippen LogP contribution in [0.4, 0.5) is 5.69 Å². The van der Waals surface area contributed by atoms with Crippen LogP contribution in [0.2, 0.25) is 0 Å². The summed E-state index contributed by atoms with van der Waals surface area (Å²) in [6, 6.07) is 24.6. The summed E-state index contributed by atoms with van der Waals surface area (Å²) in [4.78, 5) is 14.6. The maximum Gasteiger partial charge on any atom is 0.264 e. The third-order valence-electron chi connectivity index (χ3n) is 5.30. The number of hydrogen-bond acceptors (Lipinski definition) is 4. The van der Waals surface area contributed by atoms with E-state index in [-0.39, 0.29) is 10.8 Å². The van der Waals surface area contributed by atoms with Crippen LogP contribution in [0.15, 0.2) is 102 Å². The van der Waals surface area contributed by atoms with Crippen LogP contribution in [-0.2, 0) is 16.6 Å². The summed E-state index contributed by atoms with van der Waals surface area (Å²) in [7, 11) is -0.518. The lowest BCUT2D eigenvalue weighted by atomic mass is 10.2. The Bertz CT molecular complexity index is 1340. The Morgan fingerprint density at radius 1 is 0.879 bits per heavy atom. The Balaban J connectivity index is 1.45. The molecule has 168 valence electrons. The number of amides is 1. The smallest absolute Gasteiger partial charge is 0.264 e. The molecule has 1 amide bonds. The van der Waals surface area contributed by atoms with E-state index in [1.54, 1.807) is 47.1 Å². The minimum absolute atomic E-state index is 0.122. The molecule has 0 N–H and O–H groups in total. The maximum atomic E-state index is 12.9. The number of carbonyl (C=O) groups excluding carboxylic acids is 1. The second kappa shape index (κ2) is 9.30. The Kier molecular flexibility index (Phi) is 6.28. The third kappa shape index (κ3) is 4.80. The topological polar surface area (TPSA) is 75.5 Å². The number of hydrogen-bond donors (Lipinski definition) is 0. The summed E-state index contributed by atoms with van der Waals surface area (Å²) in [5.74, 6) is -0.206. The minimum atomic E-state index is -3.73. The summed E-state index contributed by atoms with van der Waals surface area (Å²) >= 11 is 0. The molecule has 0 aliphatic rings. The van der Waals surface area contributed by atoms with Crippen molar-refractivity contribution in [3.05, 3.63) is 108 Å². The molecule has 0 radical (unpaired) electrons. The Morgan fingerprint density at radius 2 is 1.48 bits per heavy atom. The van der Waals surface area contributed by atoms with E-state index < -0.39 is 10.0 Å². The van der Waals surface area contributed by atoms with Gasteiger partial charge in [-0.2, -0.15) is 5.10 Å². The molecule has 4 rings (SSSR count). The summed E-state index contributed by atoms with van der Waals surface area (Å²) < 4.78 is 28.8. The lowest BCUT2D eigenvalue weighted by Crippen LogP contribution is -2.27. The molecule has 0 unspecified atom stereocenters. The van der Waals surface area contributed by atoms with Crippen molar-refractivity contribution in [2.75, 3.05) is 18.4 Å². The maximum absolute atomic E-state index is 12.9. The van der Waals surface area contributed by atoms with Gasteiger partial charge in [-0.15, -0.1) is 0 Å². The number of anilines is 1. The average Bonchev–Trinajstić information content (AvgIpc) is 3.32. The van der Waals surface area contributed by atoms with E-state index in [2.05, 4.69) is 5.10 Å². The third-order valence-corrected chi connectivity index (χ3v) is 7.10. The van der Waals surface area contributed by atoms with Crippen molar-refractivity contribution in [1.29, 1.82) is 0 Å². The van der Waals surface area contributed by atoms with Crippen molar-refractivity contribution in [2.24, 2.45) is 0 Å². The molecule has 0 saturated heterocycles. The summed E-state index contributed by atoms with van der Waals surface area (Å²) in [5.41, 5.74) is 2.80. The van der Waals surface area contributed by atoms with Gasteiger partial charge in [0.05, 0.1) is 22.5 Å². The van der Waals surface area contributed by atoms with Gasteiger partial charge in [-0.1, -0.05) is 36.4 Å². The van der Waals surface area contributed by atoms with E-state index in [9.17, 15) is 13.2 Å². The molecular formula is C25H24N4O3S. The van der Waals surface area contributed by atoms with Gasteiger partial charge in [0.1, 0.15) is 0 Å². The van der Waals surface area contributed by atoms with Crippen LogP contribution >= 0.6 is 0 Å². The molecule has 33 heavy (non-hydrogen) atoms. The highest BCUT2D eigenvalue weighted by Crippen LogP contribution is 2.22. The molecule has 0 saturated carbocycles. The van der Waals surface area contributed by atoms with Gasteiger partial charge in [-0.25, -0.2) is 13.1 Å². The van der Waals surface area contributed by atoms with Crippen LogP contribution in [0.1, 0.15) is 15.9 Å². The minimum Gasteiger partial charge on any atom is -0.337 e. The lowest BCUT2D eigenvalue weighted by molar-refractivity contribution is 0.0785. The zero-order valence-electron chi connectivity index (χ0n) is 18.4. The molecule has 0 bridgehead atoms. The first kappa shape index (κ1) is 22.3. The predicted octanol–water partition coefficient (Wildman–Crippen LogP) is 3.97. The van der Waals surface area contributed by atoms with Crippen LogP contribution in [0.25, 0.3) is 5.69 Å². The van der Waals surface area contributed by atoms with Gasteiger partial charge in [0.2, 0.25) is 0 Å². The molecule has 0 atom stereocenters. The highest BCUT2D eigenvalue weighted by Gasteiger charge is 2.22. The van der Waals surface area contributed by atoms with Crippen molar-refractivity contribution in [1.82, 2.24) is 14.7 Å². The van der Waals surface area contributed by atoms with E-state index in [1.807, 2.05) is 42.6 Å². The van der Waals surface area contributed by atoms with Gasteiger partial charge in [0.15, 0.2) is 0 Å². The highest BCUT2D eigenvalue weighted by atomic mass is 32.2. The van der Waals surface area contributed by atoms with Gasteiger partial charge in [-0.3, -0.25) is 9.10 Å². The normalized spacial score (nSPS) is 11.2. The monoisotopic (exact) mass is 460 g/mol. The van der Waals surface area contributed by atoms with E-state index >= 15 is 0 Å². The van der Waals surface area contributed by atoms with Gasteiger partial charge >= 0.3 is 0 Å². The molecule has 1 aromatic heterocycles. The quantitative estimate of drug-likeness (QED) is 0.418. The van der Waals surface area contributed by atoms with Crippen molar-refractivity contribution >= 4 is 21.6 Å². The predicted molar refractivity (Wildman–Crippen MR) is 128 cm³/mol. The molecule has 7 nitrogen and oxygen atoms in total. The van der Waals surface area contributed by atoms with E-state index in [4.69, 9.17) is 0 Å². The van der Waals surface area contributed by atoms with Crippen molar-refractivity contribution in [2.45, 2.75) is 11.4 Å². The zero-order valence-corrected chi connectivity index (χ0v) is 19.2. The number of sulfonamides is 1. The first-order valence-electron chi connectivity index (χ1n) is 10.3. The van der Waals surface area contributed by atoms with Crippen LogP contribution in [0.3, 0.4) is 0 Å². The molecule has 0 spiro atoms. The highest BCUT2D eigenvalue weighted by molar-refractivity contribution is 7.92. The SMILES string of the molecule is CN(Cc1cnn(-c2ccccc2)c1)C(=O)c1ccc(S(=O)(=O)N(C)c2ccccc2)cc1. The summed E-state index contributed by atoms with van der Waals surface area (Å²) in [6.07, 6.45) is 3.61. The van der Waals surface area contributed by atoms with Crippen molar-refractivity contribution in [3.63, 3.8) is 0 Å². The number of aromatic nitrogens is 2. The van der Waals surface area contributed by atoms with E-state index in [1.165, 1.54) is 35.6 Å². The second-order valence-corrected chi connectivity index (χ2v) is 9.59. The van der Waals surface area contributed by atoms with Crippen molar-refractivity contribution in [3.8, 4) is 5.69 Å². The molecule has 1 heterocycles. The van der Waals surface area contributed by atoms with Crippen LogP contribution in [0, 0.1) is 0 Å². The molecule has 3 aromatic carbocycles. The van der Waals surface area contributed by atoms with E-state index in [0.717, 1.165) is 11.3 Å². The number of para-hydroxylation sites is 2. The first-order valence-corrected chi connectivity index (χ1v) is 11.8. The second-order valence-electron chi connectivity index (χ2n) is 7.62. The average molecular weight is 461 g/mol. The standard InChI is InChI=1S/C25H24N4O3S/c1-27(18-20-17-26-29(19-20)23-11-7-4-8-12-23)25(30)21-13-15-24(16-14-21)33(31,32)28(2)22-9-5-3-6-10-22/h3-17,19H,18H2,1-2H3. The molecular weight excluding hydrogens is 436 g/mol. The van der Waals surface area contributed by atoms with Gasteiger partial charge < -0.3 is 4.90 Å². The Hall–Kier alpha value is -3.91. The van der Waals surface area contributed by atoms with Gasteiger partial charge in [0, 0.05) is 38.0 Å². The fraction of sp³-hybridized carbons (Fsp3) is 0.120. The number of benzene rings is 3. The fourth-order valence-electron chi connectivity index (χ4n) is 3.43. The van der Waals surface area contributed by atoms with Gasteiger partial charge in [-0.05, 0) is 48.5 Å². The summed E-state index contributed by atoms with van der Waals surface area (Å²) in [5, 5.41) is 4.36. The fourth-order valence-corrected chi connectivity index (χ4v) is 4.63.